The summed E-state index contributed by atoms with van der Waals surface area (Å²) in [5.41, 5.74) is 1.09. The largest absolute Gasteiger partial charge is 0.457 e. The molecule has 0 N–H and O–H groups in total. The van der Waals surface area contributed by atoms with Crippen LogP contribution in [0.5, 0.6) is 11.5 Å². The smallest absolute Gasteiger partial charge is 0.338 e. The lowest BCUT2D eigenvalue weighted by Crippen LogP contribution is -2.06. The summed E-state index contributed by atoms with van der Waals surface area (Å²) in [6, 6.07) is 16.6. The van der Waals surface area contributed by atoms with Gasteiger partial charge in [0.2, 0.25) is 0 Å². The average Bonchev–Trinajstić information content (AvgIpc) is 2.73. The molecular formula is C21H16N2O7. The van der Waals surface area contributed by atoms with Crippen LogP contribution in [0.1, 0.15) is 21.5 Å². The Labute approximate surface area is 170 Å². The Bertz CT molecular complexity index is 1090. The normalized spacial score (nSPS) is 10.3. The number of nitro groups is 2. The van der Waals surface area contributed by atoms with E-state index in [1.54, 1.807) is 31.2 Å². The highest BCUT2D eigenvalue weighted by Crippen LogP contribution is 2.24. The number of hydrogen-bond acceptors (Lipinski definition) is 7. The SMILES string of the molecule is Cc1ccc(C(=O)OCc2ccc(Oc3ccc([N+](=O)[O-])cc3)cc2)cc1[N+](=O)[O-]. The molecule has 0 fully saturated rings. The number of ether oxygens (including phenoxy) is 2. The van der Waals surface area contributed by atoms with Crippen LogP contribution in [0.4, 0.5) is 11.4 Å². The molecule has 0 aliphatic rings. The Balaban J connectivity index is 1.59. The van der Waals surface area contributed by atoms with Crippen molar-refractivity contribution in [2.45, 2.75) is 13.5 Å². The third-order valence-corrected chi connectivity index (χ3v) is 4.22. The Morgan fingerprint density at radius 3 is 2.03 bits per heavy atom. The third kappa shape index (κ3) is 4.96. The van der Waals surface area contributed by atoms with E-state index in [0.29, 0.717) is 22.6 Å². The number of hydrogen-bond donors (Lipinski definition) is 0. The first-order chi connectivity index (χ1) is 14.3. The lowest BCUT2D eigenvalue weighted by Gasteiger charge is -2.08. The van der Waals surface area contributed by atoms with Crippen molar-refractivity contribution in [1.29, 1.82) is 0 Å². The fourth-order valence-electron chi connectivity index (χ4n) is 2.59. The van der Waals surface area contributed by atoms with Gasteiger partial charge in [0.1, 0.15) is 18.1 Å². The summed E-state index contributed by atoms with van der Waals surface area (Å²) in [5, 5.41) is 21.7. The number of nitrogens with zero attached hydrogens (tertiary/aromatic N) is 2. The second kappa shape index (κ2) is 8.82. The molecule has 0 saturated heterocycles. The summed E-state index contributed by atoms with van der Waals surface area (Å²) >= 11 is 0. The van der Waals surface area contributed by atoms with Crippen molar-refractivity contribution in [2.24, 2.45) is 0 Å². The van der Waals surface area contributed by atoms with E-state index in [1.807, 2.05) is 0 Å². The van der Waals surface area contributed by atoms with Gasteiger partial charge in [-0.25, -0.2) is 4.79 Å². The summed E-state index contributed by atoms with van der Waals surface area (Å²) in [5.74, 6) is 0.290. The van der Waals surface area contributed by atoms with E-state index in [0.717, 1.165) is 0 Å². The summed E-state index contributed by atoms with van der Waals surface area (Å²) in [6.45, 7) is 1.58. The minimum absolute atomic E-state index is 0.0156. The number of carbonyl (C=O) groups is 1. The lowest BCUT2D eigenvalue weighted by atomic mass is 10.1. The van der Waals surface area contributed by atoms with Crippen LogP contribution in [0.3, 0.4) is 0 Å². The fourth-order valence-corrected chi connectivity index (χ4v) is 2.59. The quantitative estimate of drug-likeness (QED) is 0.307. The number of benzene rings is 3. The molecule has 0 amide bonds. The van der Waals surface area contributed by atoms with E-state index in [9.17, 15) is 25.0 Å². The van der Waals surface area contributed by atoms with Crippen molar-refractivity contribution >= 4 is 17.3 Å². The maximum atomic E-state index is 12.2. The molecule has 0 atom stereocenters. The first-order valence-electron chi connectivity index (χ1n) is 8.77. The van der Waals surface area contributed by atoms with Crippen LogP contribution in [-0.4, -0.2) is 15.8 Å². The highest BCUT2D eigenvalue weighted by atomic mass is 16.6. The van der Waals surface area contributed by atoms with Crippen LogP contribution in [0.15, 0.2) is 66.7 Å². The molecule has 3 aromatic rings. The number of non-ortho nitro benzene ring substituents is 1. The molecule has 30 heavy (non-hydrogen) atoms. The number of nitro benzene ring substituents is 2. The zero-order valence-corrected chi connectivity index (χ0v) is 15.8. The number of aryl methyl sites for hydroxylation is 1. The lowest BCUT2D eigenvalue weighted by molar-refractivity contribution is -0.385. The molecule has 3 rings (SSSR count). The minimum atomic E-state index is -0.663. The molecule has 3 aromatic carbocycles. The van der Waals surface area contributed by atoms with E-state index in [2.05, 4.69) is 0 Å². The average molecular weight is 408 g/mol. The summed E-state index contributed by atoms with van der Waals surface area (Å²) < 4.78 is 10.8. The van der Waals surface area contributed by atoms with Gasteiger partial charge < -0.3 is 9.47 Å². The molecule has 9 nitrogen and oxygen atoms in total. The van der Waals surface area contributed by atoms with Gasteiger partial charge in [0.05, 0.1) is 15.4 Å². The predicted molar refractivity (Wildman–Crippen MR) is 107 cm³/mol. The van der Waals surface area contributed by atoms with Crippen LogP contribution in [0.2, 0.25) is 0 Å². The molecule has 0 heterocycles. The van der Waals surface area contributed by atoms with Gasteiger partial charge >= 0.3 is 5.97 Å². The minimum Gasteiger partial charge on any atom is -0.457 e. The summed E-state index contributed by atoms with van der Waals surface area (Å²) in [6.07, 6.45) is 0. The van der Waals surface area contributed by atoms with Crippen LogP contribution < -0.4 is 4.74 Å². The Morgan fingerprint density at radius 1 is 0.867 bits per heavy atom. The molecule has 152 valence electrons. The van der Waals surface area contributed by atoms with Gasteiger partial charge in [-0.2, -0.15) is 0 Å². The third-order valence-electron chi connectivity index (χ3n) is 4.22. The molecular weight excluding hydrogens is 392 g/mol. The van der Waals surface area contributed by atoms with Crippen LogP contribution >= 0.6 is 0 Å². The van der Waals surface area contributed by atoms with E-state index in [1.165, 1.54) is 42.5 Å². The van der Waals surface area contributed by atoms with E-state index < -0.39 is 15.8 Å². The molecule has 0 saturated carbocycles. The maximum Gasteiger partial charge on any atom is 0.338 e. The predicted octanol–water partition coefficient (Wildman–Crippen LogP) is 4.96. The van der Waals surface area contributed by atoms with Crippen molar-refractivity contribution in [3.63, 3.8) is 0 Å². The van der Waals surface area contributed by atoms with Gasteiger partial charge in [0.15, 0.2) is 0 Å². The Kier molecular flexibility index (Phi) is 6.02. The molecule has 0 unspecified atom stereocenters. The monoisotopic (exact) mass is 408 g/mol. The number of carbonyl (C=O) groups excluding carboxylic acids is 1. The zero-order chi connectivity index (χ0) is 21.7. The van der Waals surface area contributed by atoms with Crippen molar-refractivity contribution in [3.8, 4) is 11.5 Å². The summed E-state index contributed by atoms with van der Waals surface area (Å²) in [4.78, 5) is 32.8. The zero-order valence-electron chi connectivity index (χ0n) is 15.8. The molecule has 0 radical (unpaired) electrons. The molecule has 0 aromatic heterocycles. The van der Waals surface area contributed by atoms with Crippen LogP contribution in [0.25, 0.3) is 0 Å². The Hall–Kier alpha value is -4.27. The van der Waals surface area contributed by atoms with Crippen molar-refractivity contribution in [1.82, 2.24) is 0 Å². The molecule has 0 aliphatic carbocycles. The first kappa shape index (κ1) is 20.5. The summed E-state index contributed by atoms with van der Waals surface area (Å²) in [7, 11) is 0. The van der Waals surface area contributed by atoms with Gasteiger partial charge in [-0.05, 0) is 42.8 Å². The first-order valence-corrected chi connectivity index (χ1v) is 8.77. The molecule has 0 bridgehead atoms. The van der Waals surface area contributed by atoms with Gasteiger partial charge in [0.25, 0.3) is 11.4 Å². The topological polar surface area (TPSA) is 122 Å². The van der Waals surface area contributed by atoms with E-state index in [-0.39, 0.29) is 23.5 Å². The van der Waals surface area contributed by atoms with E-state index >= 15 is 0 Å². The van der Waals surface area contributed by atoms with Crippen LogP contribution in [0, 0.1) is 27.2 Å². The van der Waals surface area contributed by atoms with E-state index in [4.69, 9.17) is 9.47 Å². The highest BCUT2D eigenvalue weighted by molar-refractivity contribution is 5.90. The standard InChI is InChI=1S/C21H16N2O7/c1-14-2-5-16(12-20(14)23(27)28)21(24)29-13-15-3-8-18(9-4-15)30-19-10-6-17(7-11-19)22(25)26/h2-12H,13H2,1H3. The Morgan fingerprint density at radius 2 is 1.47 bits per heavy atom. The molecule has 9 heteroatoms. The van der Waals surface area contributed by atoms with Crippen molar-refractivity contribution < 1.29 is 24.1 Å². The van der Waals surface area contributed by atoms with Crippen molar-refractivity contribution in [2.75, 3.05) is 0 Å². The van der Waals surface area contributed by atoms with Gasteiger partial charge in [0, 0.05) is 23.8 Å². The van der Waals surface area contributed by atoms with Gasteiger partial charge in [-0.3, -0.25) is 20.2 Å². The van der Waals surface area contributed by atoms with Gasteiger partial charge in [-0.1, -0.05) is 18.2 Å². The van der Waals surface area contributed by atoms with Gasteiger partial charge in [-0.15, -0.1) is 0 Å². The fraction of sp³-hybridized carbons (Fsp3) is 0.0952. The number of esters is 1. The number of rotatable bonds is 7. The highest BCUT2D eigenvalue weighted by Gasteiger charge is 2.16. The van der Waals surface area contributed by atoms with Crippen molar-refractivity contribution in [3.05, 3.63) is 104 Å². The maximum absolute atomic E-state index is 12.2. The molecule has 0 spiro atoms. The molecule has 0 aliphatic heterocycles. The second-order valence-electron chi connectivity index (χ2n) is 6.33. The second-order valence-corrected chi connectivity index (χ2v) is 6.33. The van der Waals surface area contributed by atoms with Crippen LogP contribution in [-0.2, 0) is 11.3 Å².